The van der Waals surface area contributed by atoms with E-state index in [2.05, 4.69) is 5.32 Å². The molecule has 3 nitrogen and oxygen atoms in total. The van der Waals surface area contributed by atoms with Crippen LogP contribution in [0.15, 0.2) is 18.2 Å². The SMILES string of the molecule is O=C1NCCCN1c1cc(Cl)ccc1Cl. The van der Waals surface area contributed by atoms with E-state index in [0.717, 1.165) is 6.42 Å². The third-order valence-corrected chi connectivity index (χ3v) is 2.83. The topological polar surface area (TPSA) is 32.3 Å². The number of nitrogens with one attached hydrogen (secondary N) is 1. The van der Waals surface area contributed by atoms with E-state index in [1.54, 1.807) is 23.1 Å². The number of nitrogens with zero attached hydrogens (tertiary/aromatic N) is 1. The van der Waals surface area contributed by atoms with Crippen LogP contribution in [0.2, 0.25) is 10.0 Å². The lowest BCUT2D eigenvalue weighted by Gasteiger charge is -2.28. The summed E-state index contributed by atoms with van der Waals surface area (Å²) in [6.07, 6.45) is 0.911. The monoisotopic (exact) mass is 244 g/mol. The average Bonchev–Trinajstić information content (AvgIpc) is 2.23. The molecule has 1 saturated heterocycles. The molecule has 0 spiro atoms. The average molecular weight is 245 g/mol. The largest absolute Gasteiger partial charge is 0.338 e. The van der Waals surface area contributed by atoms with Gasteiger partial charge in [-0.1, -0.05) is 23.2 Å². The summed E-state index contributed by atoms with van der Waals surface area (Å²) < 4.78 is 0. The fourth-order valence-electron chi connectivity index (χ4n) is 1.55. The lowest BCUT2D eigenvalue weighted by Crippen LogP contribution is -2.46. The summed E-state index contributed by atoms with van der Waals surface area (Å²) in [4.78, 5) is 13.2. The predicted molar refractivity (Wildman–Crippen MR) is 61.8 cm³/mol. The highest BCUT2D eigenvalue weighted by Crippen LogP contribution is 2.29. The fourth-order valence-corrected chi connectivity index (χ4v) is 1.94. The van der Waals surface area contributed by atoms with Crippen molar-refractivity contribution in [3.8, 4) is 0 Å². The highest BCUT2D eigenvalue weighted by Gasteiger charge is 2.21. The van der Waals surface area contributed by atoms with Crippen molar-refractivity contribution < 1.29 is 4.79 Å². The molecule has 2 rings (SSSR count). The van der Waals surface area contributed by atoms with E-state index in [0.29, 0.717) is 28.8 Å². The zero-order chi connectivity index (χ0) is 10.8. The highest BCUT2D eigenvalue weighted by molar-refractivity contribution is 6.35. The van der Waals surface area contributed by atoms with E-state index in [-0.39, 0.29) is 6.03 Å². The Kier molecular flexibility index (Phi) is 3.03. The van der Waals surface area contributed by atoms with Crippen LogP contribution in [0.1, 0.15) is 6.42 Å². The molecule has 1 heterocycles. The Morgan fingerprint density at radius 2 is 2.13 bits per heavy atom. The van der Waals surface area contributed by atoms with Crippen LogP contribution in [0.5, 0.6) is 0 Å². The first kappa shape index (κ1) is 10.6. The molecule has 1 aliphatic rings. The predicted octanol–water partition coefficient (Wildman–Crippen LogP) is 2.91. The molecule has 15 heavy (non-hydrogen) atoms. The molecule has 5 heteroatoms. The highest BCUT2D eigenvalue weighted by atomic mass is 35.5. The molecule has 1 N–H and O–H groups in total. The lowest BCUT2D eigenvalue weighted by molar-refractivity contribution is 0.243. The second-order valence-electron chi connectivity index (χ2n) is 3.33. The number of carbonyl (C=O) groups excluding carboxylic acids is 1. The first-order valence-electron chi connectivity index (χ1n) is 4.69. The van der Waals surface area contributed by atoms with Gasteiger partial charge in [-0.2, -0.15) is 0 Å². The van der Waals surface area contributed by atoms with Crippen molar-refractivity contribution in [2.24, 2.45) is 0 Å². The maximum absolute atomic E-state index is 11.6. The van der Waals surface area contributed by atoms with Gasteiger partial charge in [-0.3, -0.25) is 4.90 Å². The number of anilines is 1. The van der Waals surface area contributed by atoms with Crippen LogP contribution < -0.4 is 10.2 Å². The van der Waals surface area contributed by atoms with Gasteiger partial charge in [0.05, 0.1) is 10.7 Å². The third kappa shape index (κ3) is 2.19. The van der Waals surface area contributed by atoms with Gasteiger partial charge in [-0.25, -0.2) is 4.79 Å². The van der Waals surface area contributed by atoms with E-state index < -0.39 is 0 Å². The number of halogens is 2. The summed E-state index contributed by atoms with van der Waals surface area (Å²) in [5, 5.41) is 3.88. The maximum atomic E-state index is 11.6. The first-order chi connectivity index (χ1) is 7.18. The zero-order valence-electron chi connectivity index (χ0n) is 7.96. The van der Waals surface area contributed by atoms with Crippen molar-refractivity contribution in [3.05, 3.63) is 28.2 Å². The molecule has 80 valence electrons. The summed E-state index contributed by atoms with van der Waals surface area (Å²) in [6, 6.07) is 4.98. The van der Waals surface area contributed by atoms with Gasteiger partial charge >= 0.3 is 6.03 Å². The van der Waals surface area contributed by atoms with Crippen molar-refractivity contribution in [1.82, 2.24) is 5.32 Å². The molecular formula is C10H10Cl2N2O. The van der Waals surface area contributed by atoms with Gasteiger partial charge < -0.3 is 5.32 Å². The van der Waals surface area contributed by atoms with Crippen molar-refractivity contribution in [1.29, 1.82) is 0 Å². The Labute approximate surface area is 98.0 Å². The smallest absolute Gasteiger partial charge is 0.321 e. The molecule has 0 unspecified atom stereocenters. The van der Waals surface area contributed by atoms with Crippen molar-refractivity contribution >= 4 is 34.9 Å². The van der Waals surface area contributed by atoms with Gasteiger partial charge in [-0.15, -0.1) is 0 Å². The molecule has 0 bridgehead atoms. The van der Waals surface area contributed by atoms with E-state index >= 15 is 0 Å². The molecule has 1 aromatic carbocycles. The number of benzene rings is 1. The fraction of sp³-hybridized carbons (Fsp3) is 0.300. The van der Waals surface area contributed by atoms with Gasteiger partial charge in [0.25, 0.3) is 0 Å². The second kappa shape index (κ2) is 4.29. The summed E-state index contributed by atoms with van der Waals surface area (Å²) >= 11 is 11.9. The quantitative estimate of drug-likeness (QED) is 0.810. The number of rotatable bonds is 1. The van der Waals surface area contributed by atoms with Gasteiger partial charge in [0.15, 0.2) is 0 Å². The molecule has 0 atom stereocenters. The molecule has 1 fully saturated rings. The normalized spacial score (nSPS) is 16.4. The van der Waals surface area contributed by atoms with Gasteiger partial charge in [0.2, 0.25) is 0 Å². The minimum Gasteiger partial charge on any atom is -0.338 e. The Hall–Kier alpha value is -0.930. The molecule has 0 radical (unpaired) electrons. The van der Waals surface area contributed by atoms with Crippen LogP contribution in [0.4, 0.5) is 10.5 Å². The molecule has 0 saturated carbocycles. The van der Waals surface area contributed by atoms with Crippen LogP contribution in [0, 0.1) is 0 Å². The Morgan fingerprint density at radius 1 is 1.33 bits per heavy atom. The number of carbonyl (C=O) groups is 1. The Balaban J connectivity index is 2.34. The molecule has 2 amide bonds. The first-order valence-corrected chi connectivity index (χ1v) is 5.44. The van der Waals surface area contributed by atoms with Gasteiger partial charge in [0, 0.05) is 18.1 Å². The number of amides is 2. The molecule has 0 aromatic heterocycles. The van der Waals surface area contributed by atoms with E-state index in [1.807, 2.05) is 0 Å². The second-order valence-corrected chi connectivity index (χ2v) is 4.18. The molecule has 1 aromatic rings. The summed E-state index contributed by atoms with van der Waals surface area (Å²) in [7, 11) is 0. The van der Waals surface area contributed by atoms with Crippen molar-refractivity contribution in [2.45, 2.75) is 6.42 Å². The summed E-state index contributed by atoms with van der Waals surface area (Å²) in [5.74, 6) is 0. The maximum Gasteiger partial charge on any atom is 0.321 e. The standard InChI is InChI=1S/C10H10Cl2N2O/c11-7-2-3-8(12)9(6-7)14-5-1-4-13-10(14)15/h2-3,6H,1,4-5H2,(H,13,15). The van der Waals surface area contributed by atoms with Crippen molar-refractivity contribution in [3.63, 3.8) is 0 Å². The minimum atomic E-state index is -0.120. The minimum absolute atomic E-state index is 0.120. The number of hydrogen-bond donors (Lipinski definition) is 1. The van der Waals surface area contributed by atoms with Crippen molar-refractivity contribution in [2.75, 3.05) is 18.0 Å². The van der Waals surface area contributed by atoms with Gasteiger partial charge in [0.1, 0.15) is 0 Å². The van der Waals surface area contributed by atoms with E-state index in [1.165, 1.54) is 0 Å². The number of hydrogen-bond acceptors (Lipinski definition) is 1. The van der Waals surface area contributed by atoms with Crippen LogP contribution in [0.25, 0.3) is 0 Å². The number of urea groups is 1. The summed E-state index contributed by atoms with van der Waals surface area (Å²) in [6.45, 7) is 1.39. The molecule has 1 aliphatic heterocycles. The van der Waals surface area contributed by atoms with Crippen LogP contribution in [-0.4, -0.2) is 19.1 Å². The Bertz CT molecular complexity index is 395. The lowest BCUT2D eigenvalue weighted by atomic mass is 10.2. The summed E-state index contributed by atoms with van der Waals surface area (Å²) in [5.41, 5.74) is 0.668. The molecule has 0 aliphatic carbocycles. The van der Waals surface area contributed by atoms with Crippen LogP contribution in [-0.2, 0) is 0 Å². The van der Waals surface area contributed by atoms with Crippen LogP contribution >= 0.6 is 23.2 Å². The van der Waals surface area contributed by atoms with E-state index in [9.17, 15) is 4.79 Å². The van der Waals surface area contributed by atoms with Crippen LogP contribution in [0.3, 0.4) is 0 Å². The Morgan fingerprint density at radius 3 is 2.87 bits per heavy atom. The molecular weight excluding hydrogens is 235 g/mol. The third-order valence-electron chi connectivity index (χ3n) is 2.28. The van der Waals surface area contributed by atoms with E-state index in [4.69, 9.17) is 23.2 Å². The van der Waals surface area contributed by atoms with Gasteiger partial charge in [-0.05, 0) is 24.6 Å². The zero-order valence-corrected chi connectivity index (χ0v) is 9.48.